The number of nitrogen functional groups attached to an aromatic ring is 1. The molecule has 0 radical (unpaired) electrons. The van der Waals surface area contributed by atoms with Crippen LogP contribution in [-0.2, 0) is 4.79 Å². The maximum absolute atomic E-state index is 12.6. The molecule has 1 aliphatic heterocycles. The van der Waals surface area contributed by atoms with E-state index in [0.29, 0.717) is 36.0 Å². The lowest BCUT2D eigenvalue weighted by Crippen LogP contribution is -2.48. The van der Waals surface area contributed by atoms with Gasteiger partial charge in [0.1, 0.15) is 23.0 Å². The summed E-state index contributed by atoms with van der Waals surface area (Å²) in [4.78, 5) is 16.8. The quantitative estimate of drug-likeness (QED) is 0.469. The molecule has 0 spiro atoms. The highest BCUT2D eigenvalue weighted by atomic mass is 16.5. The first kappa shape index (κ1) is 21.4. The molecule has 1 amide bonds. The van der Waals surface area contributed by atoms with Gasteiger partial charge in [0.25, 0.3) is 0 Å². The van der Waals surface area contributed by atoms with E-state index in [1.54, 1.807) is 44.6 Å². The van der Waals surface area contributed by atoms with E-state index in [-0.39, 0.29) is 5.91 Å². The Labute approximate surface area is 187 Å². The molecule has 32 heavy (non-hydrogen) atoms. The van der Waals surface area contributed by atoms with E-state index in [1.165, 1.54) is 0 Å². The Morgan fingerprint density at radius 1 is 0.969 bits per heavy atom. The maximum Gasteiger partial charge on any atom is 0.246 e. The SMILES string of the molecule is COc1ccc(N2CCN(C(=O)/C=C/c3ccc(-c4cc(N)ccc4OC)o3)CC2)cc1. The number of amides is 1. The lowest BCUT2D eigenvalue weighted by Gasteiger charge is -2.35. The third-order valence-electron chi connectivity index (χ3n) is 5.53. The number of nitrogens with two attached hydrogens (primary N) is 1. The van der Waals surface area contributed by atoms with E-state index in [9.17, 15) is 4.79 Å². The molecule has 4 rings (SSSR count). The van der Waals surface area contributed by atoms with Gasteiger partial charge in [-0.1, -0.05) is 0 Å². The number of furan rings is 1. The molecule has 1 aliphatic rings. The average Bonchev–Trinajstić information content (AvgIpc) is 3.31. The summed E-state index contributed by atoms with van der Waals surface area (Å²) in [5.41, 5.74) is 8.42. The second kappa shape index (κ2) is 9.51. The van der Waals surface area contributed by atoms with E-state index < -0.39 is 0 Å². The second-order valence-corrected chi connectivity index (χ2v) is 7.51. The van der Waals surface area contributed by atoms with Crippen LogP contribution in [0.4, 0.5) is 11.4 Å². The van der Waals surface area contributed by atoms with E-state index >= 15 is 0 Å². The summed E-state index contributed by atoms with van der Waals surface area (Å²) in [5.74, 6) is 2.71. The number of piperazine rings is 1. The molecule has 2 aromatic carbocycles. The van der Waals surface area contributed by atoms with Crippen LogP contribution >= 0.6 is 0 Å². The molecule has 1 aromatic heterocycles. The zero-order chi connectivity index (χ0) is 22.5. The average molecular weight is 434 g/mol. The van der Waals surface area contributed by atoms with Crippen molar-refractivity contribution in [2.75, 3.05) is 51.0 Å². The first-order valence-corrected chi connectivity index (χ1v) is 10.5. The first-order chi connectivity index (χ1) is 15.6. The molecule has 2 heterocycles. The van der Waals surface area contributed by atoms with Gasteiger partial charge in [0.05, 0.1) is 19.8 Å². The number of methoxy groups -OCH3 is 2. The summed E-state index contributed by atoms with van der Waals surface area (Å²) in [6.45, 7) is 2.90. The number of anilines is 2. The predicted molar refractivity (Wildman–Crippen MR) is 126 cm³/mol. The van der Waals surface area contributed by atoms with Crippen LogP contribution in [0.15, 0.2) is 65.1 Å². The molecule has 1 fully saturated rings. The molecule has 7 nitrogen and oxygen atoms in total. The van der Waals surface area contributed by atoms with Gasteiger partial charge in [-0.3, -0.25) is 4.79 Å². The molecule has 0 bridgehead atoms. The van der Waals surface area contributed by atoms with Crippen LogP contribution in [0.1, 0.15) is 5.76 Å². The molecule has 0 unspecified atom stereocenters. The van der Waals surface area contributed by atoms with Crippen molar-refractivity contribution in [1.82, 2.24) is 4.90 Å². The van der Waals surface area contributed by atoms with Crippen molar-refractivity contribution in [3.63, 3.8) is 0 Å². The highest BCUT2D eigenvalue weighted by Crippen LogP contribution is 2.33. The van der Waals surface area contributed by atoms with Crippen LogP contribution in [-0.4, -0.2) is 51.2 Å². The van der Waals surface area contributed by atoms with Crippen molar-refractivity contribution in [2.45, 2.75) is 0 Å². The largest absolute Gasteiger partial charge is 0.497 e. The van der Waals surface area contributed by atoms with E-state index in [0.717, 1.165) is 30.1 Å². The number of rotatable bonds is 6. The molecular weight excluding hydrogens is 406 g/mol. The molecule has 166 valence electrons. The van der Waals surface area contributed by atoms with Crippen LogP contribution < -0.4 is 20.1 Å². The topological polar surface area (TPSA) is 81.2 Å². The fraction of sp³-hybridized carbons (Fsp3) is 0.240. The van der Waals surface area contributed by atoms with Crippen LogP contribution in [0.25, 0.3) is 17.4 Å². The number of hydrogen-bond donors (Lipinski definition) is 1. The van der Waals surface area contributed by atoms with Gasteiger partial charge in [0.2, 0.25) is 5.91 Å². The number of hydrogen-bond acceptors (Lipinski definition) is 6. The summed E-state index contributed by atoms with van der Waals surface area (Å²) in [5, 5.41) is 0. The Bertz CT molecular complexity index is 1100. The lowest BCUT2D eigenvalue weighted by atomic mass is 10.1. The summed E-state index contributed by atoms with van der Waals surface area (Å²) in [6, 6.07) is 17.0. The van der Waals surface area contributed by atoms with Gasteiger partial charge in [-0.25, -0.2) is 0 Å². The molecule has 2 N–H and O–H groups in total. The van der Waals surface area contributed by atoms with Gasteiger partial charge in [-0.15, -0.1) is 0 Å². The van der Waals surface area contributed by atoms with Crippen LogP contribution in [0.2, 0.25) is 0 Å². The Balaban J connectivity index is 1.36. The van der Waals surface area contributed by atoms with Crippen LogP contribution in [0.5, 0.6) is 11.5 Å². The minimum absolute atomic E-state index is 0.0288. The third-order valence-corrected chi connectivity index (χ3v) is 5.53. The summed E-state index contributed by atoms with van der Waals surface area (Å²) < 4.78 is 16.5. The predicted octanol–water partition coefficient (Wildman–Crippen LogP) is 3.91. The van der Waals surface area contributed by atoms with E-state index in [1.807, 2.05) is 41.3 Å². The minimum Gasteiger partial charge on any atom is -0.497 e. The summed E-state index contributed by atoms with van der Waals surface area (Å²) in [6.07, 6.45) is 3.25. The maximum atomic E-state index is 12.6. The lowest BCUT2D eigenvalue weighted by molar-refractivity contribution is -0.126. The van der Waals surface area contributed by atoms with Gasteiger partial charge >= 0.3 is 0 Å². The van der Waals surface area contributed by atoms with Gasteiger partial charge in [0.15, 0.2) is 0 Å². The number of carbonyl (C=O) groups excluding carboxylic acids is 1. The smallest absolute Gasteiger partial charge is 0.246 e. The fourth-order valence-corrected chi connectivity index (χ4v) is 3.74. The Hall–Kier alpha value is -3.87. The fourth-order valence-electron chi connectivity index (χ4n) is 3.74. The number of carbonyl (C=O) groups is 1. The van der Waals surface area contributed by atoms with Gasteiger partial charge in [-0.2, -0.15) is 0 Å². The van der Waals surface area contributed by atoms with Crippen molar-refractivity contribution in [2.24, 2.45) is 0 Å². The minimum atomic E-state index is -0.0288. The molecule has 1 saturated heterocycles. The van der Waals surface area contributed by atoms with Crippen molar-refractivity contribution < 1.29 is 18.7 Å². The highest BCUT2D eigenvalue weighted by molar-refractivity contribution is 5.91. The Morgan fingerprint density at radius 3 is 2.41 bits per heavy atom. The Kier molecular flexibility index (Phi) is 6.35. The molecule has 0 aliphatic carbocycles. The first-order valence-electron chi connectivity index (χ1n) is 10.5. The summed E-state index contributed by atoms with van der Waals surface area (Å²) in [7, 11) is 3.26. The highest BCUT2D eigenvalue weighted by Gasteiger charge is 2.20. The normalized spacial score (nSPS) is 14.1. The monoisotopic (exact) mass is 433 g/mol. The van der Waals surface area contributed by atoms with E-state index in [4.69, 9.17) is 19.6 Å². The molecular formula is C25H27N3O4. The van der Waals surface area contributed by atoms with Crippen LogP contribution in [0, 0.1) is 0 Å². The molecule has 0 atom stereocenters. The summed E-state index contributed by atoms with van der Waals surface area (Å²) >= 11 is 0. The van der Waals surface area contributed by atoms with E-state index in [2.05, 4.69) is 4.90 Å². The van der Waals surface area contributed by atoms with Gasteiger partial charge < -0.3 is 29.4 Å². The Morgan fingerprint density at radius 2 is 1.72 bits per heavy atom. The number of benzene rings is 2. The van der Waals surface area contributed by atoms with Crippen molar-refractivity contribution in [1.29, 1.82) is 0 Å². The molecule has 3 aromatic rings. The van der Waals surface area contributed by atoms with Crippen LogP contribution in [0.3, 0.4) is 0 Å². The van der Waals surface area contributed by atoms with Gasteiger partial charge in [0, 0.05) is 43.6 Å². The number of nitrogens with zero attached hydrogens (tertiary/aromatic N) is 2. The number of ether oxygens (including phenoxy) is 2. The zero-order valence-electron chi connectivity index (χ0n) is 18.3. The van der Waals surface area contributed by atoms with Crippen molar-refractivity contribution in [3.05, 3.63) is 66.4 Å². The zero-order valence-corrected chi connectivity index (χ0v) is 18.3. The standard InChI is InChI=1S/C25H27N3O4/c1-30-20-6-4-19(5-7-20)27-13-15-28(16-14-27)25(29)12-9-21-8-11-24(32-21)22-17-18(26)3-10-23(22)31-2/h3-12,17H,13-16,26H2,1-2H3/b12-9+. The van der Waals surface area contributed by atoms with Crippen molar-refractivity contribution in [3.8, 4) is 22.8 Å². The second-order valence-electron chi connectivity index (χ2n) is 7.51. The third kappa shape index (κ3) is 4.72. The molecule has 7 heteroatoms. The van der Waals surface area contributed by atoms with Gasteiger partial charge in [-0.05, 0) is 60.7 Å². The molecule has 0 saturated carbocycles. The van der Waals surface area contributed by atoms with Crippen molar-refractivity contribution >= 4 is 23.4 Å².